The number of aliphatic hydroxyl groups is 2. The summed E-state index contributed by atoms with van der Waals surface area (Å²) in [5.74, 6) is 0. The van der Waals surface area contributed by atoms with Crippen molar-refractivity contribution in [1.29, 1.82) is 5.26 Å². The molecule has 1 aromatic carbocycles. The molecule has 0 bridgehead atoms. The average Bonchev–Trinajstić information content (AvgIpc) is 2.35. The van der Waals surface area contributed by atoms with E-state index in [9.17, 15) is 8.42 Å². The third kappa shape index (κ3) is 3.66. The van der Waals surface area contributed by atoms with E-state index in [1.54, 1.807) is 0 Å². The van der Waals surface area contributed by atoms with Crippen LogP contribution in [0.4, 0.5) is 0 Å². The summed E-state index contributed by atoms with van der Waals surface area (Å²) in [7, 11) is -3.83. The normalized spacial score (nSPS) is 13.0. The highest BCUT2D eigenvalue weighted by molar-refractivity contribution is 7.89. The van der Waals surface area contributed by atoms with Crippen LogP contribution in [0.25, 0.3) is 0 Å². The topological polar surface area (TPSA) is 110 Å². The van der Waals surface area contributed by atoms with Crippen LogP contribution >= 0.6 is 11.6 Å². The molecule has 98 valence electrons. The predicted molar refractivity (Wildman–Crippen MR) is 64.4 cm³/mol. The maximum Gasteiger partial charge on any atom is 0.240 e. The fraction of sp³-hybridized carbons (Fsp3) is 0.300. The van der Waals surface area contributed by atoms with E-state index < -0.39 is 22.7 Å². The zero-order valence-electron chi connectivity index (χ0n) is 9.17. The molecule has 0 saturated carbocycles. The minimum atomic E-state index is -3.83. The van der Waals surface area contributed by atoms with Gasteiger partial charge in [-0.3, -0.25) is 0 Å². The molecule has 0 aliphatic carbocycles. The molecule has 3 N–H and O–H groups in total. The standard InChI is InChI=1S/C10H11ClN2O4S/c11-10-3-9(2-1-7(10)4-12)18(16,17)13-5-8(15)6-14/h1-3,8,13-15H,5-6H2. The molecule has 1 atom stereocenters. The molecule has 0 fully saturated rings. The van der Waals surface area contributed by atoms with Gasteiger partial charge >= 0.3 is 0 Å². The van der Waals surface area contributed by atoms with Crippen LogP contribution in [0.15, 0.2) is 23.1 Å². The molecule has 18 heavy (non-hydrogen) atoms. The Morgan fingerprint density at radius 2 is 2.17 bits per heavy atom. The smallest absolute Gasteiger partial charge is 0.240 e. The summed E-state index contributed by atoms with van der Waals surface area (Å²) in [6, 6.07) is 5.48. The van der Waals surface area contributed by atoms with E-state index >= 15 is 0 Å². The van der Waals surface area contributed by atoms with E-state index in [0.29, 0.717) is 0 Å². The molecule has 0 amide bonds. The van der Waals surface area contributed by atoms with Crippen LogP contribution in [0, 0.1) is 11.3 Å². The SMILES string of the molecule is N#Cc1ccc(S(=O)(=O)NCC(O)CO)cc1Cl. The molecule has 6 nitrogen and oxygen atoms in total. The van der Waals surface area contributed by atoms with Gasteiger partial charge in [0.05, 0.1) is 28.2 Å². The lowest BCUT2D eigenvalue weighted by Gasteiger charge is -2.10. The largest absolute Gasteiger partial charge is 0.394 e. The van der Waals surface area contributed by atoms with Gasteiger partial charge in [0.25, 0.3) is 0 Å². The Kier molecular flexibility index (Phi) is 5.07. The summed E-state index contributed by atoms with van der Waals surface area (Å²) in [6.45, 7) is -0.854. The summed E-state index contributed by atoms with van der Waals surface area (Å²) >= 11 is 5.72. The number of hydrogen-bond acceptors (Lipinski definition) is 5. The highest BCUT2D eigenvalue weighted by atomic mass is 35.5. The fourth-order valence-electron chi connectivity index (χ4n) is 1.11. The molecular weight excluding hydrogens is 280 g/mol. The van der Waals surface area contributed by atoms with Crippen LogP contribution in [0.3, 0.4) is 0 Å². The lowest BCUT2D eigenvalue weighted by molar-refractivity contribution is 0.0988. The van der Waals surface area contributed by atoms with E-state index in [1.807, 2.05) is 6.07 Å². The zero-order valence-corrected chi connectivity index (χ0v) is 10.7. The van der Waals surface area contributed by atoms with Gasteiger partial charge in [-0.25, -0.2) is 13.1 Å². The predicted octanol–water partition coefficient (Wildman–Crippen LogP) is -0.157. The van der Waals surface area contributed by atoms with Gasteiger partial charge in [0, 0.05) is 6.54 Å². The fourth-order valence-corrected chi connectivity index (χ4v) is 2.49. The van der Waals surface area contributed by atoms with E-state index in [4.69, 9.17) is 27.1 Å². The lowest BCUT2D eigenvalue weighted by Crippen LogP contribution is -2.33. The Labute approximate surface area is 109 Å². The second kappa shape index (κ2) is 6.13. The van der Waals surface area contributed by atoms with Crippen molar-refractivity contribution >= 4 is 21.6 Å². The highest BCUT2D eigenvalue weighted by Crippen LogP contribution is 2.19. The molecule has 0 aliphatic heterocycles. The third-order valence-electron chi connectivity index (χ3n) is 2.09. The van der Waals surface area contributed by atoms with Gasteiger partial charge in [-0.15, -0.1) is 0 Å². The number of nitrogens with zero attached hydrogens (tertiary/aromatic N) is 1. The Balaban J connectivity index is 2.93. The second-order valence-electron chi connectivity index (χ2n) is 3.44. The highest BCUT2D eigenvalue weighted by Gasteiger charge is 2.16. The number of nitrogens with one attached hydrogen (secondary N) is 1. The van der Waals surface area contributed by atoms with Gasteiger partial charge in [-0.2, -0.15) is 5.26 Å². The summed E-state index contributed by atoms with van der Waals surface area (Å²) in [5.41, 5.74) is 0.172. The van der Waals surface area contributed by atoms with E-state index in [1.165, 1.54) is 12.1 Å². The van der Waals surface area contributed by atoms with Crippen LogP contribution in [-0.4, -0.2) is 37.9 Å². The molecule has 0 aromatic heterocycles. The molecule has 0 saturated heterocycles. The molecular formula is C10H11ClN2O4S. The van der Waals surface area contributed by atoms with Crippen molar-refractivity contribution in [1.82, 2.24) is 4.72 Å². The third-order valence-corrected chi connectivity index (χ3v) is 3.82. The van der Waals surface area contributed by atoms with Gasteiger partial charge < -0.3 is 10.2 Å². The summed E-state index contributed by atoms with van der Waals surface area (Å²) in [6.07, 6.45) is -1.17. The number of hydrogen-bond donors (Lipinski definition) is 3. The number of benzene rings is 1. The van der Waals surface area contributed by atoms with E-state index in [-0.39, 0.29) is 22.0 Å². The molecule has 0 radical (unpaired) electrons. The molecule has 0 spiro atoms. The van der Waals surface area contributed by atoms with Gasteiger partial charge in [0.15, 0.2) is 0 Å². The first-order valence-corrected chi connectivity index (χ1v) is 6.75. The number of aliphatic hydroxyl groups excluding tert-OH is 2. The summed E-state index contributed by atoms with van der Waals surface area (Å²) in [4.78, 5) is -0.114. The van der Waals surface area contributed by atoms with Gasteiger partial charge in [-0.1, -0.05) is 11.6 Å². The number of sulfonamides is 1. The molecule has 0 heterocycles. The lowest BCUT2D eigenvalue weighted by atomic mass is 10.2. The molecule has 0 aliphatic rings. The first-order valence-electron chi connectivity index (χ1n) is 4.89. The van der Waals surface area contributed by atoms with Crippen molar-refractivity contribution in [2.75, 3.05) is 13.2 Å². The van der Waals surface area contributed by atoms with Crippen molar-refractivity contribution in [3.8, 4) is 6.07 Å². The Hall–Kier alpha value is -1.17. The van der Waals surface area contributed by atoms with Crippen LogP contribution in [0.2, 0.25) is 5.02 Å². The molecule has 1 rings (SSSR count). The van der Waals surface area contributed by atoms with Crippen molar-refractivity contribution in [3.05, 3.63) is 28.8 Å². The van der Waals surface area contributed by atoms with Crippen LogP contribution < -0.4 is 4.72 Å². The summed E-state index contributed by atoms with van der Waals surface area (Å²) < 4.78 is 25.6. The van der Waals surface area contributed by atoms with E-state index in [0.717, 1.165) is 6.07 Å². The maximum atomic E-state index is 11.8. The average molecular weight is 291 g/mol. The van der Waals surface area contributed by atoms with Crippen molar-refractivity contribution in [2.24, 2.45) is 0 Å². The molecule has 8 heteroatoms. The first-order chi connectivity index (χ1) is 8.40. The number of nitriles is 1. The quantitative estimate of drug-likeness (QED) is 0.698. The van der Waals surface area contributed by atoms with Crippen molar-refractivity contribution < 1.29 is 18.6 Å². The second-order valence-corrected chi connectivity index (χ2v) is 5.62. The Bertz CT molecular complexity index is 568. The zero-order chi connectivity index (χ0) is 13.8. The van der Waals surface area contributed by atoms with E-state index in [2.05, 4.69) is 4.72 Å². The number of rotatable bonds is 5. The first kappa shape index (κ1) is 14.9. The molecule has 1 aromatic rings. The van der Waals surface area contributed by atoms with Crippen molar-refractivity contribution in [2.45, 2.75) is 11.0 Å². The van der Waals surface area contributed by atoms with Gasteiger partial charge in [0.2, 0.25) is 10.0 Å². The van der Waals surface area contributed by atoms with Gasteiger partial charge in [-0.05, 0) is 18.2 Å². The van der Waals surface area contributed by atoms with Crippen molar-refractivity contribution in [3.63, 3.8) is 0 Å². The van der Waals surface area contributed by atoms with Gasteiger partial charge in [0.1, 0.15) is 6.07 Å². The minimum absolute atomic E-state index is 0.0306. The Morgan fingerprint density at radius 1 is 1.50 bits per heavy atom. The minimum Gasteiger partial charge on any atom is -0.394 e. The maximum absolute atomic E-state index is 11.8. The Morgan fingerprint density at radius 3 is 2.67 bits per heavy atom. The monoisotopic (exact) mass is 290 g/mol. The summed E-state index contributed by atoms with van der Waals surface area (Å²) in [5, 5.41) is 26.3. The molecule has 1 unspecified atom stereocenters. The van der Waals surface area contributed by atoms with Crippen LogP contribution in [0.1, 0.15) is 5.56 Å². The van der Waals surface area contributed by atoms with Crippen LogP contribution in [-0.2, 0) is 10.0 Å². The van der Waals surface area contributed by atoms with Crippen LogP contribution in [0.5, 0.6) is 0 Å². The number of halogens is 1.